The largest absolute Gasteiger partial charge is 0.468 e. The zero-order valence-electron chi connectivity index (χ0n) is 10.5. The van der Waals surface area contributed by atoms with Crippen molar-refractivity contribution in [1.29, 1.82) is 0 Å². The van der Waals surface area contributed by atoms with Crippen LogP contribution in [0.5, 0.6) is 0 Å². The number of rotatable bonds is 3. The maximum atomic E-state index is 12.1. The molecule has 1 N–H and O–H groups in total. The zero-order valence-corrected chi connectivity index (χ0v) is 11.3. The minimum absolute atomic E-state index is 0.192. The maximum absolute atomic E-state index is 12.1. The molecule has 98 valence electrons. The third-order valence-corrected chi connectivity index (χ3v) is 3.89. The second-order valence-corrected chi connectivity index (χ2v) is 5.13. The number of halogens is 1. The quantitative estimate of drug-likeness (QED) is 0.856. The van der Waals surface area contributed by atoms with E-state index < -0.39 is 5.54 Å². The Balaban J connectivity index is 2.25. The van der Waals surface area contributed by atoms with Crippen LogP contribution in [0.4, 0.5) is 0 Å². The highest BCUT2D eigenvalue weighted by Crippen LogP contribution is 2.28. The molecule has 1 atom stereocenters. The highest BCUT2D eigenvalue weighted by molar-refractivity contribution is 6.31. The van der Waals surface area contributed by atoms with Gasteiger partial charge in [0.2, 0.25) is 0 Å². The lowest BCUT2D eigenvalue weighted by molar-refractivity contribution is -0.149. The fourth-order valence-corrected chi connectivity index (χ4v) is 2.73. The fraction of sp³-hybridized carbons (Fsp3) is 0.500. The van der Waals surface area contributed by atoms with E-state index in [0.29, 0.717) is 11.4 Å². The second-order valence-electron chi connectivity index (χ2n) is 4.73. The molecule has 1 unspecified atom stereocenters. The lowest BCUT2D eigenvalue weighted by Gasteiger charge is -2.36. The predicted octanol–water partition coefficient (Wildman–Crippen LogP) is 2.57. The van der Waals surface area contributed by atoms with E-state index in [0.717, 1.165) is 31.4 Å². The molecule has 1 aromatic carbocycles. The minimum atomic E-state index is -0.613. The van der Waals surface area contributed by atoms with Crippen LogP contribution in [0.3, 0.4) is 0 Å². The summed E-state index contributed by atoms with van der Waals surface area (Å²) in [4.78, 5) is 12.1. The average molecular weight is 268 g/mol. The molecule has 0 aromatic heterocycles. The molecule has 0 bridgehead atoms. The van der Waals surface area contributed by atoms with E-state index in [2.05, 4.69) is 5.32 Å². The second kappa shape index (κ2) is 5.72. The molecule has 18 heavy (non-hydrogen) atoms. The highest BCUT2D eigenvalue weighted by atomic mass is 35.5. The third kappa shape index (κ3) is 2.68. The number of methoxy groups -OCH3 is 1. The van der Waals surface area contributed by atoms with E-state index >= 15 is 0 Å². The van der Waals surface area contributed by atoms with Crippen LogP contribution in [-0.4, -0.2) is 25.2 Å². The number of ether oxygens (including phenoxy) is 1. The Bertz CT molecular complexity index is 428. The van der Waals surface area contributed by atoms with Crippen molar-refractivity contribution in [2.75, 3.05) is 13.7 Å². The van der Waals surface area contributed by atoms with Crippen LogP contribution >= 0.6 is 11.6 Å². The number of esters is 1. The van der Waals surface area contributed by atoms with Gasteiger partial charge in [-0.05, 0) is 37.4 Å². The first-order valence-corrected chi connectivity index (χ1v) is 6.63. The summed E-state index contributed by atoms with van der Waals surface area (Å²) in [5.74, 6) is -0.192. The van der Waals surface area contributed by atoms with Crippen molar-refractivity contribution in [3.63, 3.8) is 0 Å². The molecule has 0 spiro atoms. The van der Waals surface area contributed by atoms with Gasteiger partial charge in [-0.25, -0.2) is 0 Å². The van der Waals surface area contributed by atoms with Crippen LogP contribution in [0.25, 0.3) is 0 Å². The number of benzene rings is 1. The Morgan fingerprint density at radius 3 is 2.83 bits per heavy atom. The topological polar surface area (TPSA) is 38.3 Å². The molecular weight excluding hydrogens is 250 g/mol. The van der Waals surface area contributed by atoms with Crippen molar-refractivity contribution >= 4 is 17.6 Å². The molecule has 0 saturated carbocycles. The molecule has 3 nitrogen and oxygen atoms in total. The molecule has 1 aliphatic heterocycles. The molecule has 0 radical (unpaired) electrons. The van der Waals surface area contributed by atoms with Crippen LogP contribution in [-0.2, 0) is 16.0 Å². The van der Waals surface area contributed by atoms with E-state index in [-0.39, 0.29) is 5.97 Å². The number of carbonyl (C=O) groups is 1. The van der Waals surface area contributed by atoms with Gasteiger partial charge in [-0.1, -0.05) is 29.8 Å². The van der Waals surface area contributed by atoms with Crippen molar-refractivity contribution < 1.29 is 9.53 Å². The third-order valence-electron chi connectivity index (χ3n) is 3.52. The highest BCUT2D eigenvalue weighted by Gasteiger charge is 2.40. The van der Waals surface area contributed by atoms with Crippen LogP contribution in [0.1, 0.15) is 24.8 Å². The first-order chi connectivity index (χ1) is 8.68. The number of piperidine rings is 1. The van der Waals surface area contributed by atoms with Crippen molar-refractivity contribution in [3.05, 3.63) is 34.9 Å². The predicted molar refractivity (Wildman–Crippen MR) is 71.8 cm³/mol. The summed E-state index contributed by atoms with van der Waals surface area (Å²) >= 11 is 6.17. The summed E-state index contributed by atoms with van der Waals surface area (Å²) in [5.41, 5.74) is 0.372. The van der Waals surface area contributed by atoms with Crippen molar-refractivity contribution in [1.82, 2.24) is 5.32 Å². The summed E-state index contributed by atoms with van der Waals surface area (Å²) < 4.78 is 4.96. The van der Waals surface area contributed by atoms with Gasteiger partial charge in [-0.3, -0.25) is 4.79 Å². The Labute approximate surface area is 112 Å². The zero-order chi connectivity index (χ0) is 13.0. The van der Waals surface area contributed by atoms with Gasteiger partial charge in [0, 0.05) is 11.4 Å². The smallest absolute Gasteiger partial charge is 0.326 e. The van der Waals surface area contributed by atoms with Crippen LogP contribution < -0.4 is 5.32 Å². The summed E-state index contributed by atoms with van der Waals surface area (Å²) in [6, 6.07) is 7.65. The fourth-order valence-electron chi connectivity index (χ4n) is 2.53. The van der Waals surface area contributed by atoms with E-state index in [1.807, 2.05) is 24.3 Å². The lowest BCUT2D eigenvalue weighted by atomic mass is 9.83. The van der Waals surface area contributed by atoms with Gasteiger partial charge < -0.3 is 10.1 Å². The van der Waals surface area contributed by atoms with Gasteiger partial charge in [0.1, 0.15) is 5.54 Å². The number of carbonyl (C=O) groups excluding carboxylic acids is 1. The normalized spacial score (nSPS) is 23.7. The summed E-state index contributed by atoms with van der Waals surface area (Å²) in [6.45, 7) is 0.847. The standard InChI is InChI=1S/C14H18ClNO2/c1-18-13(17)14(8-4-5-9-16-14)10-11-6-2-3-7-12(11)15/h2-3,6-7,16H,4-5,8-10H2,1H3. The Morgan fingerprint density at radius 2 is 2.22 bits per heavy atom. The van der Waals surface area contributed by atoms with Gasteiger partial charge >= 0.3 is 5.97 Å². The molecule has 0 aliphatic carbocycles. The lowest BCUT2D eigenvalue weighted by Crippen LogP contribution is -2.56. The van der Waals surface area contributed by atoms with E-state index in [9.17, 15) is 4.79 Å². The first kappa shape index (κ1) is 13.4. The van der Waals surface area contributed by atoms with E-state index in [1.165, 1.54) is 7.11 Å². The summed E-state index contributed by atoms with van der Waals surface area (Å²) in [5, 5.41) is 4.03. The minimum Gasteiger partial charge on any atom is -0.468 e. The first-order valence-electron chi connectivity index (χ1n) is 6.25. The molecule has 0 amide bonds. The van der Waals surface area contributed by atoms with Gasteiger partial charge in [-0.2, -0.15) is 0 Å². The molecule has 2 rings (SSSR count). The van der Waals surface area contributed by atoms with Crippen molar-refractivity contribution in [3.8, 4) is 0 Å². The average Bonchev–Trinajstić information content (AvgIpc) is 2.41. The Kier molecular flexibility index (Phi) is 4.25. The Hall–Kier alpha value is -1.06. The van der Waals surface area contributed by atoms with E-state index in [4.69, 9.17) is 16.3 Å². The van der Waals surface area contributed by atoms with E-state index in [1.54, 1.807) is 0 Å². The monoisotopic (exact) mass is 267 g/mol. The van der Waals surface area contributed by atoms with Crippen LogP contribution in [0.2, 0.25) is 5.02 Å². The van der Waals surface area contributed by atoms with Gasteiger partial charge in [0.05, 0.1) is 7.11 Å². The van der Waals surface area contributed by atoms with Gasteiger partial charge in [0.25, 0.3) is 0 Å². The van der Waals surface area contributed by atoms with Crippen molar-refractivity contribution in [2.24, 2.45) is 0 Å². The molecule has 1 aliphatic rings. The number of nitrogens with one attached hydrogen (secondary N) is 1. The molecule has 1 fully saturated rings. The number of hydrogen-bond donors (Lipinski definition) is 1. The van der Waals surface area contributed by atoms with Crippen molar-refractivity contribution in [2.45, 2.75) is 31.2 Å². The summed E-state index contributed by atoms with van der Waals surface area (Å²) in [6.07, 6.45) is 3.51. The van der Waals surface area contributed by atoms with Crippen LogP contribution in [0.15, 0.2) is 24.3 Å². The molecular formula is C14H18ClNO2. The van der Waals surface area contributed by atoms with Crippen LogP contribution in [0, 0.1) is 0 Å². The molecule has 1 aromatic rings. The number of hydrogen-bond acceptors (Lipinski definition) is 3. The molecule has 4 heteroatoms. The maximum Gasteiger partial charge on any atom is 0.326 e. The van der Waals surface area contributed by atoms with Gasteiger partial charge in [-0.15, -0.1) is 0 Å². The molecule has 1 heterocycles. The SMILES string of the molecule is COC(=O)C1(Cc2ccccc2Cl)CCCCN1. The molecule has 1 saturated heterocycles. The summed E-state index contributed by atoms with van der Waals surface area (Å²) in [7, 11) is 1.44. The van der Waals surface area contributed by atoms with Gasteiger partial charge in [0.15, 0.2) is 0 Å². The Morgan fingerprint density at radius 1 is 1.44 bits per heavy atom.